The highest BCUT2D eigenvalue weighted by Crippen LogP contribution is 2.15. The van der Waals surface area contributed by atoms with Gasteiger partial charge in [-0.2, -0.15) is 13.2 Å². The molecule has 0 radical (unpaired) electrons. The van der Waals surface area contributed by atoms with E-state index in [-0.39, 0.29) is 32.0 Å². The van der Waals surface area contributed by atoms with Crippen LogP contribution in [-0.4, -0.2) is 55.1 Å². The Balaban J connectivity index is 2.56. The molecule has 0 saturated carbocycles. The van der Waals surface area contributed by atoms with Crippen molar-refractivity contribution in [1.82, 2.24) is 4.90 Å². The molecule has 0 aromatic heterocycles. The molecular weight excluding hydrogens is 320 g/mol. The number of nitrogens with zero attached hydrogens (tertiary/aromatic N) is 1. The van der Waals surface area contributed by atoms with Gasteiger partial charge in [0.1, 0.15) is 12.4 Å². The van der Waals surface area contributed by atoms with E-state index < -0.39 is 24.6 Å². The summed E-state index contributed by atoms with van der Waals surface area (Å²) in [6.07, 6.45) is -4.44. The van der Waals surface area contributed by atoms with Gasteiger partial charge in [0.05, 0.1) is 13.2 Å². The molecule has 9 heteroatoms. The molecular formula is C14H18F4N2O3. The van der Waals surface area contributed by atoms with Gasteiger partial charge >= 0.3 is 12.2 Å². The van der Waals surface area contributed by atoms with Gasteiger partial charge in [-0.3, -0.25) is 0 Å². The lowest BCUT2D eigenvalue weighted by Crippen LogP contribution is -2.39. The number of carbonyl (C=O) groups is 1. The van der Waals surface area contributed by atoms with Crippen LogP contribution >= 0.6 is 0 Å². The van der Waals surface area contributed by atoms with E-state index in [1.165, 1.54) is 12.1 Å². The number of rotatable bonds is 7. The molecule has 23 heavy (non-hydrogen) atoms. The van der Waals surface area contributed by atoms with Crippen molar-refractivity contribution in [3.05, 3.63) is 29.6 Å². The van der Waals surface area contributed by atoms with Gasteiger partial charge in [0.25, 0.3) is 0 Å². The number of aliphatic hydroxyl groups excluding tert-OH is 1. The number of anilines is 1. The highest BCUT2D eigenvalue weighted by molar-refractivity contribution is 5.89. The Morgan fingerprint density at radius 2 is 2.00 bits per heavy atom. The molecule has 2 N–H and O–H groups in total. The molecule has 1 aromatic carbocycles. The third kappa shape index (κ3) is 7.80. The second-order valence-corrected chi connectivity index (χ2v) is 4.83. The first kappa shape index (κ1) is 19.2. The second-order valence-electron chi connectivity index (χ2n) is 4.83. The Kier molecular flexibility index (Phi) is 7.24. The summed E-state index contributed by atoms with van der Waals surface area (Å²) in [4.78, 5) is 13.1. The molecule has 0 spiro atoms. The van der Waals surface area contributed by atoms with E-state index in [4.69, 9.17) is 5.11 Å². The number of nitrogens with one attached hydrogen (secondary N) is 1. The summed E-state index contributed by atoms with van der Waals surface area (Å²) in [5.41, 5.74) is 0.814. The largest absolute Gasteiger partial charge is 0.411 e. The highest BCUT2D eigenvalue weighted by atomic mass is 19.4. The fourth-order valence-electron chi connectivity index (χ4n) is 1.81. The number of hydrogen-bond acceptors (Lipinski definition) is 3. The molecule has 5 nitrogen and oxygen atoms in total. The summed E-state index contributed by atoms with van der Waals surface area (Å²) in [5, 5.41) is 11.3. The van der Waals surface area contributed by atoms with E-state index in [2.05, 4.69) is 10.1 Å². The van der Waals surface area contributed by atoms with Crippen molar-refractivity contribution < 1.29 is 32.2 Å². The molecule has 2 amide bonds. The molecule has 0 fully saturated rings. The summed E-state index contributed by atoms with van der Waals surface area (Å²) >= 11 is 0. The molecule has 1 aromatic rings. The predicted octanol–water partition coefficient (Wildman–Crippen LogP) is 2.54. The van der Waals surface area contributed by atoms with Crippen molar-refractivity contribution in [3.8, 4) is 0 Å². The zero-order chi connectivity index (χ0) is 17.5. The average molecular weight is 338 g/mol. The maximum atomic E-state index is 13.3. The standard InChI is InChI=1S/C14H18F4N2O3/c1-10-6-11(15)8-12(7-10)19-13(22)20(2-4-21)3-5-23-9-14(16,17)18/h6-8,21H,2-5,9H2,1H3,(H,19,22). The Hall–Kier alpha value is -1.87. The normalized spacial score (nSPS) is 11.4. The summed E-state index contributed by atoms with van der Waals surface area (Å²) < 4.78 is 53.6. The number of ether oxygens (including phenoxy) is 1. The lowest BCUT2D eigenvalue weighted by molar-refractivity contribution is -0.174. The van der Waals surface area contributed by atoms with Crippen molar-refractivity contribution in [2.24, 2.45) is 0 Å². The number of carbonyl (C=O) groups excluding carboxylic acids is 1. The Morgan fingerprint density at radius 3 is 2.57 bits per heavy atom. The molecule has 0 aliphatic rings. The SMILES string of the molecule is Cc1cc(F)cc(NC(=O)N(CCO)CCOCC(F)(F)F)c1. The molecule has 0 bridgehead atoms. The van der Waals surface area contributed by atoms with Gasteiger partial charge in [0, 0.05) is 18.8 Å². The number of benzene rings is 1. The Bertz CT molecular complexity index is 503. The van der Waals surface area contributed by atoms with Crippen molar-refractivity contribution in [2.75, 3.05) is 38.2 Å². The topological polar surface area (TPSA) is 61.8 Å². The molecule has 0 atom stereocenters. The second kappa shape index (κ2) is 8.68. The molecule has 1 rings (SSSR count). The van der Waals surface area contributed by atoms with Crippen molar-refractivity contribution in [3.63, 3.8) is 0 Å². The Morgan fingerprint density at radius 1 is 1.30 bits per heavy atom. The molecule has 0 unspecified atom stereocenters. The number of alkyl halides is 3. The number of halogens is 4. The average Bonchev–Trinajstić information content (AvgIpc) is 2.39. The monoisotopic (exact) mass is 338 g/mol. The van der Waals surface area contributed by atoms with Crippen molar-refractivity contribution in [2.45, 2.75) is 13.1 Å². The first-order valence-corrected chi connectivity index (χ1v) is 6.80. The van der Waals surface area contributed by atoms with Gasteiger partial charge in [-0.05, 0) is 30.7 Å². The maximum absolute atomic E-state index is 13.3. The third-order valence-corrected chi connectivity index (χ3v) is 2.72. The number of aryl methyl sites for hydroxylation is 1. The lowest BCUT2D eigenvalue weighted by Gasteiger charge is -2.22. The van der Waals surface area contributed by atoms with Crippen LogP contribution in [0.2, 0.25) is 0 Å². The van der Waals surface area contributed by atoms with E-state index in [0.29, 0.717) is 5.56 Å². The van der Waals surface area contributed by atoms with Crippen LogP contribution in [0.1, 0.15) is 5.56 Å². The number of amides is 2. The minimum atomic E-state index is -4.44. The fourth-order valence-corrected chi connectivity index (χ4v) is 1.81. The molecule has 0 aliphatic carbocycles. The first-order chi connectivity index (χ1) is 10.7. The number of hydrogen-bond donors (Lipinski definition) is 2. The van der Waals surface area contributed by atoms with Gasteiger partial charge < -0.3 is 20.1 Å². The van der Waals surface area contributed by atoms with Crippen LogP contribution in [0.25, 0.3) is 0 Å². The zero-order valence-electron chi connectivity index (χ0n) is 12.5. The summed E-state index contributed by atoms with van der Waals surface area (Å²) in [6, 6.07) is 3.27. The number of urea groups is 1. The molecule has 0 aliphatic heterocycles. The smallest absolute Gasteiger partial charge is 0.395 e. The summed E-state index contributed by atoms with van der Waals surface area (Å²) in [5.74, 6) is -0.525. The minimum absolute atomic E-state index is 0.0878. The summed E-state index contributed by atoms with van der Waals surface area (Å²) in [6.45, 7) is -0.698. The van der Waals surface area contributed by atoms with E-state index >= 15 is 0 Å². The van der Waals surface area contributed by atoms with Crippen LogP contribution in [-0.2, 0) is 4.74 Å². The van der Waals surface area contributed by atoms with Gasteiger partial charge in [0.2, 0.25) is 0 Å². The van der Waals surface area contributed by atoms with Crippen LogP contribution < -0.4 is 5.32 Å². The zero-order valence-corrected chi connectivity index (χ0v) is 12.5. The van der Waals surface area contributed by atoms with Crippen LogP contribution in [0, 0.1) is 12.7 Å². The van der Waals surface area contributed by atoms with Crippen LogP contribution in [0.4, 0.5) is 28.0 Å². The highest BCUT2D eigenvalue weighted by Gasteiger charge is 2.27. The quantitative estimate of drug-likeness (QED) is 0.593. The van der Waals surface area contributed by atoms with Crippen molar-refractivity contribution >= 4 is 11.7 Å². The van der Waals surface area contributed by atoms with E-state index in [1.54, 1.807) is 6.92 Å². The molecule has 0 heterocycles. The van der Waals surface area contributed by atoms with Gasteiger partial charge in [-0.1, -0.05) is 0 Å². The van der Waals surface area contributed by atoms with Gasteiger partial charge in [0.15, 0.2) is 0 Å². The Labute approximate surface area is 130 Å². The first-order valence-electron chi connectivity index (χ1n) is 6.80. The maximum Gasteiger partial charge on any atom is 0.411 e. The van der Waals surface area contributed by atoms with E-state index in [0.717, 1.165) is 11.0 Å². The van der Waals surface area contributed by atoms with E-state index in [9.17, 15) is 22.4 Å². The molecule has 130 valence electrons. The van der Waals surface area contributed by atoms with Crippen molar-refractivity contribution in [1.29, 1.82) is 0 Å². The number of aliphatic hydroxyl groups is 1. The summed E-state index contributed by atoms with van der Waals surface area (Å²) in [7, 11) is 0. The fraction of sp³-hybridized carbons (Fsp3) is 0.500. The van der Waals surface area contributed by atoms with Crippen LogP contribution in [0.15, 0.2) is 18.2 Å². The predicted molar refractivity (Wildman–Crippen MR) is 75.7 cm³/mol. The van der Waals surface area contributed by atoms with Gasteiger partial charge in [-0.25, -0.2) is 9.18 Å². The van der Waals surface area contributed by atoms with Crippen LogP contribution in [0.3, 0.4) is 0 Å². The third-order valence-electron chi connectivity index (χ3n) is 2.72. The lowest BCUT2D eigenvalue weighted by atomic mass is 10.2. The molecule has 0 saturated heterocycles. The minimum Gasteiger partial charge on any atom is -0.395 e. The van der Waals surface area contributed by atoms with Gasteiger partial charge in [-0.15, -0.1) is 0 Å². The van der Waals surface area contributed by atoms with E-state index in [1.807, 2.05) is 0 Å². The van der Waals surface area contributed by atoms with Crippen LogP contribution in [0.5, 0.6) is 0 Å².